The van der Waals surface area contributed by atoms with Crippen molar-refractivity contribution >= 4 is 5.97 Å². The first-order chi connectivity index (χ1) is 6.24. The zero-order chi connectivity index (χ0) is 9.68. The fourth-order valence-corrected chi connectivity index (χ4v) is 0.827. The third-order valence-electron chi connectivity index (χ3n) is 1.83. The lowest BCUT2D eigenvalue weighted by Gasteiger charge is -2.07. The largest absolute Gasteiger partial charge is 0.426 e. The van der Waals surface area contributed by atoms with Crippen LogP contribution in [0, 0.1) is 5.92 Å². The molecule has 0 unspecified atom stereocenters. The maximum atomic E-state index is 11.3. The van der Waals surface area contributed by atoms with Gasteiger partial charge in [0.15, 0.2) is 0 Å². The summed E-state index contributed by atoms with van der Waals surface area (Å²) in [4.78, 5) is 11.3. The van der Waals surface area contributed by atoms with E-state index in [1.165, 1.54) is 0 Å². The minimum Gasteiger partial charge on any atom is -0.426 e. The molecule has 0 aliphatic rings. The monoisotopic (exact) mass is 177 g/mol. The minimum atomic E-state index is -0.242. The van der Waals surface area contributed by atoms with Crippen molar-refractivity contribution in [3.05, 3.63) is 36.2 Å². The summed E-state index contributed by atoms with van der Waals surface area (Å²) >= 11 is 0. The molecule has 0 saturated heterocycles. The van der Waals surface area contributed by atoms with Crippen LogP contribution in [0.1, 0.15) is 20.3 Å². The van der Waals surface area contributed by atoms with Gasteiger partial charge in [-0.2, -0.15) is 0 Å². The second-order valence-corrected chi connectivity index (χ2v) is 2.84. The molecule has 0 aliphatic heterocycles. The molecule has 0 aliphatic carbocycles. The van der Waals surface area contributed by atoms with Crippen molar-refractivity contribution in [1.82, 2.24) is 0 Å². The molecule has 0 heterocycles. The first kappa shape index (κ1) is 9.78. The lowest BCUT2D eigenvalue weighted by atomic mass is 10.1. The van der Waals surface area contributed by atoms with Crippen LogP contribution >= 0.6 is 0 Å². The van der Waals surface area contributed by atoms with Crippen LogP contribution in [0.3, 0.4) is 0 Å². The van der Waals surface area contributed by atoms with E-state index < -0.39 is 0 Å². The van der Waals surface area contributed by atoms with Gasteiger partial charge >= 0.3 is 5.97 Å². The first-order valence-electron chi connectivity index (χ1n) is 4.33. The molecule has 1 radical (unpaired) electrons. The zero-order valence-electron chi connectivity index (χ0n) is 7.91. The third kappa shape index (κ3) is 2.90. The summed E-state index contributed by atoms with van der Waals surface area (Å²) < 4.78 is 5.09. The highest BCUT2D eigenvalue weighted by molar-refractivity contribution is 5.85. The molecule has 1 aromatic carbocycles. The third-order valence-corrected chi connectivity index (χ3v) is 1.83. The van der Waals surface area contributed by atoms with Gasteiger partial charge in [-0.1, -0.05) is 25.1 Å². The average molecular weight is 177 g/mol. The van der Waals surface area contributed by atoms with E-state index >= 15 is 0 Å². The van der Waals surface area contributed by atoms with Crippen LogP contribution in [0.25, 0.3) is 0 Å². The van der Waals surface area contributed by atoms with Crippen molar-refractivity contribution in [2.45, 2.75) is 20.3 Å². The van der Waals surface area contributed by atoms with Crippen LogP contribution in [-0.2, 0) is 4.79 Å². The van der Waals surface area contributed by atoms with E-state index in [0.29, 0.717) is 5.75 Å². The summed E-state index contributed by atoms with van der Waals surface area (Å²) in [5.74, 6) is 1.10. The molecular weight excluding hydrogens is 164 g/mol. The van der Waals surface area contributed by atoms with Crippen molar-refractivity contribution in [2.75, 3.05) is 0 Å². The predicted molar refractivity (Wildman–Crippen MR) is 51.3 cm³/mol. The van der Waals surface area contributed by atoms with Gasteiger partial charge in [0, 0.05) is 0 Å². The van der Waals surface area contributed by atoms with Crippen LogP contribution in [0.15, 0.2) is 30.3 Å². The number of hydrogen-bond acceptors (Lipinski definition) is 2. The van der Waals surface area contributed by atoms with Gasteiger partial charge in [0.2, 0.25) is 0 Å². The summed E-state index contributed by atoms with van der Waals surface area (Å²) in [6, 6.07) is 9.09. The Kier molecular flexibility index (Phi) is 3.50. The maximum Gasteiger partial charge on any atom is 0.318 e. The molecule has 1 aromatic rings. The van der Waals surface area contributed by atoms with E-state index in [9.17, 15) is 4.79 Å². The number of ether oxygens (including phenoxy) is 1. The highest BCUT2D eigenvalue weighted by Gasteiger charge is 2.13. The van der Waals surface area contributed by atoms with Crippen molar-refractivity contribution in [3.63, 3.8) is 0 Å². The summed E-state index contributed by atoms with van der Waals surface area (Å²) in [7, 11) is 0. The normalized spacial score (nSPS) is 10.1. The minimum absolute atomic E-state index is 0.242. The number of rotatable bonds is 3. The summed E-state index contributed by atoms with van der Waals surface area (Å²) in [6.45, 7) is 3.72. The molecule has 0 fully saturated rings. The molecule has 0 saturated carbocycles. The molecule has 0 spiro atoms. The molecule has 2 heteroatoms. The SMILES string of the molecule is CC[C](C)C(=O)Oc1ccccc1. The van der Waals surface area contributed by atoms with Crippen LogP contribution in [0.4, 0.5) is 0 Å². The van der Waals surface area contributed by atoms with E-state index in [-0.39, 0.29) is 5.97 Å². The van der Waals surface area contributed by atoms with Crippen LogP contribution < -0.4 is 4.74 Å². The molecule has 0 atom stereocenters. The van der Waals surface area contributed by atoms with Crippen molar-refractivity contribution < 1.29 is 9.53 Å². The molecular formula is C11H13O2. The van der Waals surface area contributed by atoms with E-state index in [4.69, 9.17) is 4.74 Å². The summed E-state index contributed by atoms with van der Waals surface area (Å²) in [5.41, 5.74) is 0. The van der Waals surface area contributed by atoms with Gasteiger partial charge in [0.25, 0.3) is 0 Å². The van der Waals surface area contributed by atoms with E-state index in [1.807, 2.05) is 25.1 Å². The predicted octanol–water partition coefficient (Wildman–Crippen LogP) is 2.60. The van der Waals surface area contributed by atoms with Gasteiger partial charge in [-0.15, -0.1) is 0 Å². The fourth-order valence-electron chi connectivity index (χ4n) is 0.827. The molecule has 69 valence electrons. The molecule has 0 aromatic heterocycles. The Morgan fingerprint density at radius 3 is 2.46 bits per heavy atom. The van der Waals surface area contributed by atoms with Gasteiger partial charge < -0.3 is 4.74 Å². The number of hydrogen-bond donors (Lipinski definition) is 0. The number of carbonyl (C=O) groups excluding carboxylic acids is 1. The summed E-state index contributed by atoms with van der Waals surface area (Å²) in [6.07, 6.45) is 0.728. The number of carbonyl (C=O) groups is 1. The molecule has 1 rings (SSSR count). The molecule has 0 amide bonds. The number of benzene rings is 1. The van der Waals surface area contributed by atoms with Crippen LogP contribution in [-0.4, -0.2) is 5.97 Å². The quantitative estimate of drug-likeness (QED) is 0.524. The van der Waals surface area contributed by atoms with Gasteiger partial charge in [-0.3, -0.25) is 4.79 Å². The molecule has 0 N–H and O–H groups in total. The van der Waals surface area contributed by atoms with Crippen LogP contribution in [0.2, 0.25) is 0 Å². The Hall–Kier alpha value is -1.31. The topological polar surface area (TPSA) is 26.3 Å². The lowest BCUT2D eigenvalue weighted by Crippen LogP contribution is -2.14. The molecule has 2 nitrogen and oxygen atoms in total. The van der Waals surface area contributed by atoms with E-state index in [1.54, 1.807) is 19.1 Å². The molecule has 13 heavy (non-hydrogen) atoms. The van der Waals surface area contributed by atoms with E-state index in [2.05, 4.69) is 0 Å². The Morgan fingerprint density at radius 2 is 1.92 bits per heavy atom. The Balaban J connectivity index is 2.55. The first-order valence-corrected chi connectivity index (χ1v) is 4.33. The van der Waals surface area contributed by atoms with Crippen LogP contribution in [0.5, 0.6) is 5.75 Å². The van der Waals surface area contributed by atoms with Crippen molar-refractivity contribution in [1.29, 1.82) is 0 Å². The second kappa shape index (κ2) is 4.65. The van der Waals surface area contributed by atoms with Gasteiger partial charge in [-0.25, -0.2) is 0 Å². The van der Waals surface area contributed by atoms with Crippen molar-refractivity contribution in [2.24, 2.45) is 0 Å². The van der Waals surface area contributed by atoms with E-state index in [0.717, 1.165) is 12.3 Å². The average Bonchev–Trinajstić information content (AvgIpc) is 2.18. The standard InChI is InChI=1S/C11H13O2/c1-3-9(2)11(12)13-10-7-5-4-6-8-10/h4-8H,3H2,1-2H3. The lowest BCUT2D eigenvalue weighted by molar-refractivity contribution is -0.132. The highest BCUT2D eigenvalue weighted by atomic mass is 16.5. The maximum absolute atomic E-state index is 11.3. The number of para-hydroxylation sites is 1. The van der Waals surface area contributed by atoms with Gasteiger partial charge in [0.05, 0.1) is 5.92 Å². The Bertz CT molecular complexity index is 267. The Labute approximate surface area is 78.5 Å². The van der Waals surface area contributed by atoms with Gasteiger partial charge in [0.1, 0.15) is 5.75 Å². The zero-order valence-corrected chi connectivity index (χ0v) is 7.91. The second-order valence-electron chi connectivity index (χ2n) is 2.84. The van der Waals surface area contributed by atoms with Gasteiger partial charge in [-0.05, 0) is 25.5 Å². The molecule has 0 bridgehead atoms. The fraction of sp³-hybridized carbons (Fsp3) is 0.273. The summed E-state index contributed by atoms with van der Waals surface area (Å²) in [5, 5.41) is 0. The Morgan fingerprint density at radius 1 is 1.31 bits per heavy atom. The smallest absolute Gasteiger partial charge is 0.318 e. The van der Waals surface area contributed by atoms with Crippen molar-refractivity contribution in [3.8, 4) is 5.75 Å². The highest BCUT2D eigenvalue weighted by Crippen LogP contribution is 2.13. The number of esters is 1.